The van der Waals surface area contributed by atoms with Crippen molar-refractivity contribution in [2.24, 2.45) is 0 Å². The number of methoxy groups -OCH3 is 1. The number of nitrogens with zero attached hydrogens (tertiary/aromatic N) is 2. The molecule has 2 aromatic rings. The van der Waals surface area contributed by atoms with Gasteiger partial charge in [0.15, 0.2) is 0 Å². The van der Waals surface area contributed by atoms with Crippen molar-refractivity contribution in [1.82, 2.24) is 15.3 Å². The first-order valence-corrected chi connectivity index (χ1v) is 6.87. The maximum atomic E-state index is 6.22. The van der Waals surface area contributed by atoms with Crippen LogP contribution in [0.2, 0.25) is 10.0 Å². The van der Waals surface area contributed by atoms with E-state index in [1.165, 1.54) is 6.33 Å². The third-order valence-corrected chi connectivity index (χ3v) is 3.89. The summed E-state index contributed by atoms with van der Waals surface area (Å²) in [6, 6.07) is 7.42. The molecule has 0 saturated carbocycles. The SMILES string of the molecule is CNC(Cc1cccc(Cl)c1Cl)c1cc(OC)ncn1. The lowest BCUT2D eigenvalue weighted by molar-refractivity contribution is 0.394. The van der Waals surface area contributed by atoms with E-state index in [0.29, 0.717) is 22.3 Å². The smallest absolute Gasteiger partial charge is 0.216 e. The van der Waals surface area contributed by atoms with Crippen LogP contribution in [-0.2, 0) is 6.42 Å². The van der Waals surface area contributed by atoms with E-state index in [1.54, 1.807) is 19.2 Å². The average Bonchev–Trinajstić information content (AvgIpc) is 2.49. The molecule has 0 saturated heterocycles. The molecular weight excluding hydrogens is 297 g/mol. The Hall–Kier alpha value is -1.36. The average molecular weight is 312 g/mol. The summed E-state index contributed by atoms with van der Waals surface area (Å²) in [5.74, 6) is 0.535. The topological polar surface area (TPSA) is 47.0 Å². The number of likely N-dealkylation sites (N-methyl/N-ethyl adjacent to an activating group) is 1. The van der Waals surface area contributed by atoms with E-state index < -0.39 is 0 Å². The molecule has 0 aliphatic heterocycles. The molecule has 0 fully saturated rings. The van der Waals surface area contributed by atoms with Crippen LogP contribution in [0.4, 0.5) is 0 Å². The second kappa shape index (κ2) is 6.88. The van der Waals surface area contributed by atoms with E-state index in [2.05, 4.69) is 15.3 Å². The lowest BCUT2D eigenvalue weighted by Gasteiger charge is -2.17. The Bertz CT molecular complexity index is 592. The summed E-state index contributed by atoms with van der Waals surface area (Å²) in [7, 11) is 3.45. The monoisotopic (exact) mass is 311 g/mol. The lowest BCUT2D eigenvalue weighted by atomic mass is 10.0. The molecule has 1 heterocycles. The second-order valence-electron chi connectivity index (χ2n) is 4.24. The summed E-state index contributed by atoms with van der Waals surface area (Å²) >= 11 is 12.3. The van der Waals surface area contributed by atoms with Gasteiger partial charge >= 0.3 is 0 Å². The predicted octanol–water partition coefficient (Wildman–Crippen LogP) is 3.30. The molecule has 106 valence electrons. The van der Waals surface area contributed by atoms with E-state index in [9.17, 15) is 0 Å². The van der Waals surface area contributed by atoms with E-state index in [1.807, 2.05) is 19.2 Å². The minimum Gasteiger partial charge on any atom is -0.481 e. The minimum atomic E-state index is 0.00265. The van der Waals surface area contributed by atoms with Crippen molar-refractivity contribution in [3.63, 3.8) is 0 Å². The molecule has 0 aliphatic carbocycles. The molecule has 20 heavy (non-hydrogen) atoms. The molecule has 1 aromatic carbocycles. The normalized spacial score (nSPS) is 12.2. The van der Waals surface area contributed by atoms with Gasteiger partial charge in [-0.2, -0.15) is 0 Å². The number of hydrogen-bond donors (Lipinski definition) is 1. The number of aromatic nitrogens is 2. The Labute approximate surface area is 128 Å². The summed E-state index contributed by atoms with van der Waals surface area (Å²) in [5, 5.41) is 4.35. The van der Waals surface area contributed by atoms with Crippen LogP contribution in [0, 0.1) is 0 Å². The predicted molar refractivity (Wildman–Crippen MR) is 80.6 cm³/mol. The molecule has 1 atom stereocenters. The fraction of sp³-hybridized carbons (Fsp3) is 0.286. The molecular formula is C14H15Cl2N3O. The lowest BCUT2D eigenvalue weighted by Crippen LogP contribution is -2.20. The molecule has 0 aliphatic rings. The van der Waals surface area contributed by atoms with E-state index >= 15 is 0 Å². The zero-order valence-electron chi connectivity index (χ0n) is 11.2. The highest BCUT2D eigenvalue weighted by atomic mass is 35.5. The van der Waals surface area contributed by atoms with Gasteiger partial charge in [-0.3, -0.25) is 0 Å². The van der Waals surface area contributed by atoms with Gasteiger partial charge in [-0.1, -0.05) is 35.3 Å². The Morgan fingerprint density at radius 2 is 2.10 bits per heavy atom. The van der Waals surface area contributed by atoms with Gasteiger partial charge in [0.25, 0.3) is 0 Å². The van der Waals surface area contributed by atoms with E-state index in [-0.39, 0.29) is 6.04 Å². The van der Waals surface area contributed by atoms with Gasteiger partial charge < -0.3 is 10.1 Å². The van der Waals surface area contributed by atoms with E-state index in [0.717, 1.165) is 11.3 Å². The van der Waals surface area contributed by atoms with Crippen LogP contribution < -0.4 is 10.1 Å². The third kappa shape index (κ3) is 3.39. The van der Waals surface area contributed by atoms with Crippen LogP contribution in [0.15, 0.2) is 30.6 Å². The fourth-order valence-corrected chi connectivity index (χ4v) is 2.33. The maximum Gasteiger partial charge on any atom is 0.216 e. The number of hydrogen-bond acceptors (Lipinski definition) is 4. The number of ether oxygens (including phenoxy) is 1. The molecule has 0 bridgehead atoms. The van der Waals surface area contributed by atoms with Crippen molar-refractivity contribution in [3.05, 3.63) is 51.9 Å². The highest BCUT2D eigenvalue weighted by Crippen LogP contribution is 2.29. The van der Waals surface area contributed by atoms with Gasteiger partial charge in [0.1, 0.15) is 6.33 Å². The van der Waals surface area contributed by atoms with Crippen molar-refractivity contribution >= 4 is 23.2 Å². The summed E-state index contributed by atoms with van der Waals surface area (Å²) in [5.41, 5.74) is 1.81. The van der Waals surface area contributed by atoms with Crippen LogP contribution in [0.25, 0.3) is 0 Å². The van der Waals surface area contributed by atoms with Crippen molar-refractivity contribution in [2.45, 2.75) is 12.5 Å². The number of rotatable bonds is 5. The Balaban J connectivity index is 2.26. The van der Waals surface area contributed by atoms with Gasteiger partial charge in [0.05, 0.1) is 28.9 Å². The van der Waals surface area contributed by atoms with Crippen molar-refractivity contribution < 1.29 is 4.74 Å². The van der Waals surface area contributed by atoms with Gasteiger partial charge in [0.2, 0.25) is 5.88 Å². The van der Waals surface area contributed by atoms with Gasteiger partial charge in [-0.25, -0.2) is 9.97 Å². The molecule has 1 unspecified atom stereocenters. The molecule has 1 N–H and O–H groups in total. The molecule has 4 nitrogen and oxygen atoms in total. The van der Waals surface area contributed by atoms with Crippen LogP contribution in [0.5, 0.6) is 5.88 Å². The van der Waals surface area contributed by atoms with Crippen LogP contribution in [-0.4, -0.2) is 24.1 Å². The quantitative estimate of drug-likeness (QED) is 0.920. The molecule has 0 amide bonds. The molecule has 1 aromatic heterocycles. The van der Waals surface area contributed by atoms with Crippen molar-refractivity contribution in [2.75, 3.05) is 14.2 Å². The molecule has 0 radical (unpaired) electrons. The Morgan fingerprint density at radius 3 is 2.80 bits per heavy atom. The van der Waals surface area contributed by atoms with E-state index in [4.69, 9.17) is 27.9 Å². The largest absolute Gasteiger partial charge is 0.481 e. The van der Waals surface area contributed by atoms with Crippen molar-refractivity contribution in [1.29, 1.82) is 0 Å². The minimum absolute atomic E-state index is 0.00265. The van der Waals surface area contributed by atoms with Crippen LogP contribution >= 0.6 is 23.2 Å². The van der Waals surface area contributed by atoms with Crippen LogP contribution in [0.1, 0.15) is 17.3 Å². The number of nitrogens with one attached hydrogen (secondary N) is 1. The summed E-state index contributed by atoms with van der Waals surface area (Å²) in [4.78, 5) is 8.28. The van der Waals surface area contributed by atoms with Crippen molar-refractivity contribution in [3.8, 4) is 5.88 Å². The second-order valence-corrected chi connectivity index (χ2v) is 5.03. The number of benzene rings is 1. The summed E-state index contributed by atoms with van der Waals surface area (Å²) in [6.45, 7) is 0. The third-order valence-electron chi connectivity index (χ3n) is 3.03. The van der Waals surface area contributed by atoms with Gasteiger partial charge in [-0.15, -0.1) is 0 Å². The standard InChI is InChI=1S/C14H15Cl2N3O/c1-17-11(12-7-13(20-2)19-8-18-12)6-9-4-3-5-10(15)14(9)16/h3-5,7-8,11,17H,6H2,1-2H3. The highest BCUT2D eigenvalue weighted by Gasteiger charge is 2.15. The first-order chi connectivity index (χ1) is 9.65. The molecule has 0 spiro atoms. The summed E-state index contributed by atoms with van der Waals surface area (Å²) in [6.07, 6.45) is 2.16. The first kappa shape index (κ1) is 15.0. The fourth-order valence-electron chi connectivity index (χ4n) is 1.94. The molecule has 6 heteroatoms. The number of halogens is 2. The Morgan fingerprint density at radius 1 is 1.30 bits per heavy atom. The zero-order valence-corrected chi connectivity index (χ0v) is 12.7. The zero-order chi connectivity index (χ0) is 14.5. The Kier molecular flexibility index (Phi) is 5.17. The first-order valence-electron chi connectivity index (χ1n) is 6.11. The molecule has 2 rings (SSSR count). The van der Waals surface area contributed by atoms with Crippen LogP contribution in [0.3, 0.4) is 0 Å². The van der Waals surface area contributed by atoms with Gasteiger partial charge in [-0.05, 0) is 25.1 Å². The van der Waals surface area contributed by atoms with Gasteiger partial charge in [0, 0.05) is 6.07 Å². The maximum absolute atomic E-state index is 6.22. The highest BCUT2D eigenvalue weighted by molar-refractivity contribution is 6.42. The summed E-state index contributed by atoms with van der Waals surface area (Å²) < 4.78 is 5.12.